The molecular weight excluding hydrogens is 206 g/mol. The SMILES string of the molecule is CO[P+](=O)[O-].CO[P+](=O)[O-].[Mg+2]. The van der Waals surface area contributed by atoms with Crippen LogP contribution in [-0.4, -0.2) is 37.3 Å². The standard InChI is InChI=1S/2CH3O3P.Mg/c2*1-4-5(2)3;/h2*1H3;/q;;+2. The van der Waals surface area contributed by atoms with E-state index in [1.165, 1.54) is 0 Å². The maximum atomic E-state index is 9.18. The third-order valence-electron chi connectivity index (χ3n) is 0.298. The average molecular weight is 212 g/mol. The number of rotatable bonds is 2. The van der Waals surface area contributed by atoms with Crippen molar-refractivity contribution >= 4 is 39.6 Å². The van der Waals surface area contributed by atoms with Crippen molar-refractivity contribution in [2.45, 2.75) is 0 Å². The van der Waals surface area contributed by atoms with Gasteiger partial charge in [-0.1, -0.05) is 0 Å². The summed E-state index contributed by atoms with van der Waals surface area (Å²) in [5.74, 6) is 0. The Balaban J connectivity index is -0.000000107. The van der Waals surface area contributed by atoms with E-state index in [1.807, 2.05) is 0 Å². The van der Waals surface area contributed by atoms with Gasteiger partial charge in [-0.05, 0) is 9.13 Å². The maximum absolute atomic E-state index is 9.18. The zero-order chi connectivity index (χ0) is 8.57. The summed E-state index contributed by atoms with van der Waals surface area (Å²) in [4.78, 5) is 18.4. The van der Waals surface area contributed by atoms with Crippen molar-refractivity contribution in [3.8, 4) is 0 Å². The van der Waals surface area contributed by atoms with Gasteiger partial charge in [-0.2, -0.15) is 9.05 Å². The molecule has 0 aromatic carbocycles. The van der Waals surface area contributed by atoms with Gasteiger partial charge in [0.15, 0.2) is 0 Å². The molecular formula is C2H6MgO6P2+2. The zero-order valence-electron chi connectivity index (χ0n) is 6.05. The van der Waals surface area contributed by atoms with Gasteiger partial charge >= 0.3 is 39.6 Å². The van der Waals surface area contributed by atoms with Crippen molar-refractivity contribution in [1.29, 1.82) is 0 Å². The van der Waals surface area contributed by atoms with Crippen molar-refractivity contribution in [2.24, 2.45) is 0 Å². The van der Waals surface area contributed by atoms with Crippen LogP contribution >= 0.6 is 16.5 Å². The molecule has 0 amide bonds. The predicted octanol–water partition coefficient (Wildman–Crippen LogP) is -1.08. The van der Waals surface area contributed by atoms with Crippen LogP contribution in [0.3, 0.4) is 0 Å². The first-order chi connectivity index (χ1) is 4.54. The number of hydrogen-bond acceptors (Lipinski definition) is 6. The first-order valence-electron chi connectivity index (χ1n) is 1.91. The Hall–Kier alpha value is 0.806. The van der Waals surface area contributed by atoms with E-state index in [9.17, 15) is 18.9 Å². The second kappa shape index (κ2) is 13.4. The van der Waals surface area contributed by atoms with E-state index >= 15 is 0 Å². The van der Waals surface area contributed by atoms with E-state index in [4.69, 9.17) is 0 Å². The van der Waals surface area contributed by atoms with E-state index in [2.05, 4.69) is 9.05 Å². The van der Waals surface area contributed by atoms with Gasteiger partial charge in [-0.25, -0.2) is 0 Å². The minimum atomic E-state index is -2.60. The van der Waals surface area contributed by atoms with Crippen molar-refractivity contribution in [3.05, 3.63) is 0 Å². The summed E-state index contributed by atoms with van der Waals surface area (Å²) in [5.41, 5.74) is 0. The minimum absolute atomic E-state index is 0. The molecule has 0 aromatic rings. The topological polar surface area (TPSA) is 98.7 Å². The molecule has 0 radical (unpaired) electrons. The molecule has 0 heterocycles. The predicted molar refractivity (Wildman–Crippen MR) is 35.0 cm³/mol. The Kier molecular flexibility index (Phi) is 21.7. The summed E-state index contributed by atoms with van der Waals surface area (Å²) in [7, 11) is -2.99. The second-order valence-corrected chi connectivity index (χ2v) is 2.44. The molecule has 2 atom stereocenters. The molecule has 0 aliphatic carbocycles. The van der Waals surface area contributed by atoms with E-state index in [0.717, 1.165) is 14.2 Å². The van der Waals surface area contributed by atoms with Gasteiger partial charge in [0, 0.05) is 0 Å². The Morgan fingerprint density at radius 2 is 1.09 bits per heavy atom. The second-order valence-electron chi connectivity index (χ2n) is 0.812. The molecule has 0 aliphatic heterocycles. The third-order valence-corrected chi connectivity index (χ3v) is 0.894. The molecule has 60 valence electrons. The van der Waals surface area contributed by atoms with Crippen molar-refractivity contribution in [1.82, 2.24) is 0 Å². The molecule has 0 saturated heterocycles. The zero-order valence-corrected chi connectivity index (χ0v) is 9.25. The molecule has 2 unspecified atom stereocenters. The van der Waals surface area contributed by atoms with Gasteiger partial charge in [-0.3, -0.25) is 0 Å². The van der Waals surface area contributed by atoms with Crippen molar-refractivity contribution < 1.29 is 28.0 Å². The summed E-state index contributed by atoms with van der Waals surface area (Å²) in [5, 5.41) is 0. The Morgan fingerprint density at radius 3 is 1.09 bits per heavy atom. The molecule has 0 fully saturated rings. The molecule has 9 heteroatoms. The van der Waals surface area contributed by atoms with E-state index in [0.29, 0.717) is 0 Å². The van der Waals surface area contributed by atoms with Crippen LogP contribution < -0.4 is 9.79 Å². The summed E-state index contributed by atoms with van der Waals surface area (Å²) in [6.07, 6.45) is 0. The van der Waals surface area contributed by atoms with Crippen LogP contribution in [0, 0.1) is 0 Å². The first kappa shape index (κ1) is 17.8. The number of hydrogen-bond donors (Lipinski definition) is 0. The fraction of sp³-hybridized carbons (Fsp3) is 1.00. The van der Waals surface area contributed by atoms with Crippen molar-refractivity contribution in [2.75, 3.05) is 14.2 Å². The molecule has 0 aliphatic rings. The van der Waals surface area contributed by atoms with Gasteiger partial charge in [0.2, 0.25) is 0 Å². The van der Waals surface area contributed by atoms with Crippen LogP contribution in [-0.2, 0) is 18.2 Å². The van der Waals surface area contributed by atoms with E-state index in [-0.39, 0.29) is 23.1 Å². The maximum Gasteiger partial charge on any atom is 2.00 e. The molecule has 11 heavy (non-hydrogen) atoms. The van der Waals surface area contributed by atoms with Gasteiger partial charge in [-0.15, -0.1) is 0 Å². The van der Waals surface area contributed by atoms with Crippen LogP contribution in [0.15, 0.2) is 0 Å². The van der Waals surface area contributed by atoms with Crippen molar-refractivity contribution in [3.63, 3.8) is 0 Å². The Labute approximate surface area is 82.0 Å². The smallest absolute Gasteiger partial charge is 0.566 e. The van der Waals surface area contributed by atoms with Crippen LogP contribution in [0.4, 0.5) is 0 Å². The molecule has 0 rings (SSSR count). The molecule has 0 N–H and O–H groups in total. The molecule has 0 saturated carbocycles. The quantitative estimate of drug-likeness (QED) is 0.426. The van der Waals surface area contributed by atoms with E-state index in [1.54, 1.807) is 0 Å². The molecule has 6 nitrogen and oxygen atoms in total. The van der Waals surface area contributed by atoms with Gasteiger partial charge < -0.3 is 9.79 Å². The molecule has 0 aromatic heterocycles. The van der Waals surface area contributed by atoms with Crippen LogP contribution in [0.5, 0.6) is 0 Å². The van der Waals surface area contributed by atoms with Crippen LogP contribution in [0.25, 0.3) is 0 Å². The Morgan fingerprint density at radius 1 is 1.00 bits per heavy atom. The molecule has 0 bridgehead atoms. The molecule has 0 spiro atoms. The summed E-state index contributed by atoms with van der Waals surface area (Å²) in [6.45, 7) is 0. The normalized spacial score (nSPS) is 10.2. The monoisotopic (exact) mass is 212 g/mol. The average Bonchev–Trinajstić information content (AvgIpc) is 1.89. The fourth-order valence-corrected chi connectivity index (χ4v) is 0. The largest absolute Gasteiger partial charge is 2.00 e. The summed E-state index contributed by atoms with van der Waals surface area (Å²) in [6, 6.07) is 0. The van der Waals surface area contributed by atoms with E-state index < -0.39 is 16.5 Å². The van der Waals surface area contributed by atoms with Gasteiger partial charge in [0.05, 0.1) is 14.2 Å². The van der Waals surface area contributed by atoms with Crippen LogP contribution in [0.1, 0.15) is 0 Å². The third kappa shape index (κ3) is 36.3. The van der Waals surface area contributed by atoms with Gasteiger partial charge in [0.25, 0.3) is 0 Å². The Bertz CT molecular complexity index is 103. The summed E-state index contributed by atoms with van der Waals surface area (Å²) >= 11 is 0. The summed E-state index contributed by atoms with van der Waals surface area (Å²) < 4.78 is 25.8. The fourth-order valence-electron chi connectivity index (χ4n) is 0. The minimum Gasteiger partial charge on any atom is -0.566 e. The van der Waals surface area contributed by atoms with Crippen LogP contribution in [0.2, 0.25) is 0 Å². The van der Waals surface area contributed by atoms with Gasteiger partial charge in [0.1, 0.15) is 0 Å². The first-order valence-corrected chi connectivity index (χ1v) is 4.10.